The second kappa shape index (κ2) is 6.06. The molecule has 104 valence electrons. The number of anilines is 1. The van der Waals surface area contributed by atoms with Crippen LogP contribution in [-0.4, -0.2) is 25.2 Å². The van der Waals surface area contributed by atoms with Gasteiger partial charge in [0.15, 0.2) is 0 Å². The van der Waals surface area contributed by atoms with Gasteiger partial charge in [-0.15, -0.1) is 0 Å². The number of aryl methyl sites for hydroxylation is 1. The molecule has 1 unspecified atom stereocenters. The number of nitrogens with one attached hydrogen (secondary N) is 1. The Morgan fingerprint density at radius 3 is 2.74 bits per heavy atom. The van der Waals surface area contributed by atoms with E-state index in [1.165, 1.54) is 0 Å². The number of hydrogen-bond acceptors (Lipinski definition) is 3. The molecular formula is C15H22N2O2. The largest absolute Gasteiger partial charge is 0.399 e. The fourth-order valence-electron chi connectivity index (χ4n) is 2.44. The molecule has 1 aliphatic heterocycles. The SMILES string of the molecule is Cc1cc(C(=O)NC(C)C2CCOCC2)ccc1N. The third-order valence-electron chi connectivity index (χ3n) is 3.86. The smallest absolute Gasteiger partial charge is 0.251 e. The second-order valence-electron chi connectivity index (χ2n) is 5.28. The first-order chi connectivity index (χ1) is 9.08. The summed E-state index contributed by atoms with van der Waals surface area (Å²) >= 11 is 0. The summed E-state index contributed by atoms with van der Waals surface area (Å²) in [4.78, 5) is 12.2. The van der Waals surface area contributed by atoms with Gasteiger partial charge in [0.1, 0.15) is 0 Å². The van der Waals surface area contributed by atoms with E-state index in [4.69, 9.17) is 10.5 Å². The predicted octanol–water partition coefficient (Wildman–Crippen LogP) is 2.12. The topological polar surface area (TPSA) is 64.3 Å². The average Bonchev–Trinajstić information content (AvgIpc) is 2.42. The van der Waals surface area contributed by atoms with Crippen LogP contribution in [0.4, 0.5) is 5.69 Å². The quantitative estimate of drug-likeness (QED) is 0.820. The number of amides is 1. The molecule has 0 radical (unpaired) electrons. The van der Waals surface area contributed by atoms with E-state index in [1.807, 2.05) is 13.0 Å². The van der Waals surface area contributed by atoms with Crippen LogP contribution in [0, 0.1) is 12.8 Å². The number of benzene rings is 1. The van der Waals surface area contributed by atoms with Gasteiger partial charge >= 0.3 is 0 Å². The van der Waals surface area contributed by atoms with Gasteiger partial charge in [-0.2, -0.15) is 0 Å². The van der Waals surface area contributed by atoms with Crippen molar-refractivity contribution in [1.82, 2.24) is 5.32 Å². The van der Waals surface area contributed by atoms with Crippen LogP contribution in [0.2, 0.25) is 0 Å². The minimum absolute atomic E-state index is 0.0258. The van der Waals surface area contributed by atoms with Crippen LogP contribution in [-0.2, 0) is 4.74 Å². The van der Waals surface area contributed by atoms with Crippen LogP contribution in [0.15, 0.2) is 18.2 Å². The molecule has 1 aliphatic rings. The number of carbonyl (C=O) groups is 1. The lowest BCUT2D eigenvalue weighted by atomic mass is 9.92. The van der Waals surface area contributed by atoms with Gasteiger partial charge in [-0.05, 0) is 56.4 Å². The van der Waals surface area contributed by atoms with Gasteiger partial charge in [0.25, 0.3) is 5.91 Å². The fraction of sp³-hybridized carbons (Fsp3) is 0.533. The Morgan fingerprint density at radius 2 is 2.11 bits per heavy atom. The van der Waals surface area contributed by atoms with Gasteiger partial charge in [-0.3, -0.25) is 4.79 Å². The number of hydrogen-bond donors (Lipinski definition) is 2. The molecule has 1 fully saturated rings. The normalized spacial score (nSPS) is 18.0. The number of ether oxygens (including phenoxy) is 1. The summed E-state index contributed by atoms with van der Waals surface area (Å²) in [6.45, 7) is 5.57. The Labute approximate surface area is 114 Å². The highest BCUT2D eigenvalue weighted by molar-refractivity contribution is 5.95. The lowest BCUT2D eigenvalue weighted by molar-refractivity contribution is 0.0538. The van der Waals surface area contributed by atoms with Crippen LogP contribution in [0.25, 0.3) is 0 Å². The molecule has 1 saturated heterocycles. The molecule has 19 heavy (non-hydrogen) atoms. The summed E-state index contributed by atoms with van der Waals surface area (Å²) in [6, 6.07) is 5.56. The molecule has 1 atom stereocenters. The van der Waals surface area contributed by atoms with Gasteiger partial charge in [0.05, 0.1) is 0 Å². The van der Waals surface area contributed by atoms with E-state index < -0.39 is 0 Å². The summed E-state index contributed by atoms with van der Waals surface area (Å²) in [5.74, 6) is 0.481. The minimum atomic E-state index is -0.0258. The van der Waals surface area contributed by atoms with Crippen LogP contribution in [0.1, 0.15) is 35.7 Å². The van der Waals surface area contributed by atoms with E-state index in [9.17, 15) is 4.79 Å². The predicted molar refractivity (Wildman–Crippen MR) is 76.1 cm³/mol. The van der Waals surface area contributed by atoms with E-state index >= 15 is 0 Å². The van der Waals surface area contributed by atoms with Crippen LogP contribution < -0.4 is 11.1 Å². The van der Waals surface area contributed by atoms with Gasteiger partial charge in [0.2, 0.25) is 0 Å². The molecule has 1 amide bonds. The second-order valence-corrected chi connectivity index (χ2v) is 5.28. The first-order valence-corrected chi connectivity index (χ1v) is 6.82. The number of rotatable bonds is 3. The molecule has 0 aromatic heterocycles. The number of nitrogens with two attached hydrogens (primary N) is 1. The van der Waals surface area contributed by atoms with Crippen molar-refractivity contribution in [2.24, 2.45) is 5.92 Å². The molecule has 4 heteroatoms. The van der Waals surface area contributed by atoms with Gasteiger partial charge in [-0.25, -0.2) is 0 Å². The summed E-state index contributed by atoms with van der Waals surface area (Å²) < 4.78 is 5.34. The fourth-order valence-corrected chi connectivity index (χ4v) is 2.44. The summed E-state index contributed by atoms with van der Waals surface area (Å²) in [5, 5.41) is 3.08. The Bertz CT molecular complexity index is 453. The van der Waals surface area contributed by atoms with Gasteiger partial charge in [-0.1, -0.05) is 0 Å². The van der Waals surface area contributed by atoms with Crippen molar-refractivity contribution in [2.75, 3.05) is 18.9 Å². The highest BCUT2D eigenvalue weighted by Crippen LogP contribution is 2.19. The van der Waals surface area contributed by atoms with E-state index in [0.717, 1.165) is 31.6 Å². The molecule has 4 nitrogen and oxygen atoms in total. The lowest BCUT2D eigenvalue weighted by Gasteiger charge is -2.28. The lowest BCUT2D eigenvalue weighted by Crippen LogP contribution is -2.40. The molecule has 1 aromatic carbocycles. The van der Waals surface area contributed by atoms with Crippen molar-refractivity contribution in [3.8, 4) is 0 Å². The molecule has 0 bridgehead atoms. The highest BCUT2D eigenvalue weighted by Gasteiger charge is 2.22. The first kappa shape index (κ1) is 13.9. The zero-order valence-corrected chi connectivity index (χ0v) is 11.6. The minimum Gasteiger partial charge on any atom is -0.399 e. The highest BCUT2D eigenvalue weighted by atomic mass is 16.5. The molecule has 0 saturated carbocycles. The third kappa shape index (κ3) is 3.47. The molecule has 1 aromatic rings. The van der Waals surface area contributed by atoms with Gasteiger partial charge < -0.3 is 15.8 Å². The standard InChI is InChI=1S/C15H22N2O2/c1-10-9-13(3-4-14(10)16)15(18)17-11(2)12-5-7-19-8-6-12/h3-4,9,11-12H,5-8,16H2,1-2H3,(H,17,18). The van der Waals surface area contributed by atoms with Crippen molar-refractivity contribution in [2.45, 2.75) is 32.7 Å². The molecule has 0 spiro atoms. The van der Waals surface area contributed by atoms with E-state index in [0.29, 0.717) is 17.2 Å². The Hall–Kier alpha value is -1.55. The summed E-state index contributed by atoms with van der Waals surface area (Å²) in [5.41, 5.74) is 8.09. The maximum Gasteiger partial charge on any atom is 0.251 e. The van der Waals surface area contributed by atoms with Gasteiger partial charge in [0, 0.05) is 30.5 Å². The van der Waals surface area contributed by atoms with Crippen molar-refractivity contribution >= 4 is 11.6 Å². The van der Waals surface area contributed by atoms with E-state index in [2.05, 4.69) is 12.2 Å². The third-order valence-corrected chi connectivity index (χ3v) is 3.86. The summed E-state index contributed by atoms with van der Waals surface area (Å²) in [6.07, 6.45) is 2.03. The molecule has 0 aliphatic carbocycles. The van der Waals surface area contributed by atoms with Crippen molar-refractivity contribution in [3.63, 3.8) is 0 Å². The maximum absolute atomic E-state index is 12.2. The van der Waals surface area contributed by atoms with E-state index in [-0.39, 0.29) is 11.9 Å². The average molecular weight is 262 g/mol. The van der Waals surface area contributed by atoms with Crippen LogP contribution >= 0.6 is 0 Å². The van der Waals surface area contributed by atoms with Crippen LogP contribution in [0.5, 0.6) is 0 Å². The van der Waals surface area contributed by atoms with Crippen molar-refractivity contribution < 1.29 is 9.53 Å². The number of carbonyl (C=O) groups excluding carboxylic acids is 1. The molecule has 2 rings (SSSR count). The van der Waals surface area contributed by atoms with Crippen molar-refractivity contribution in [3.05, 3.63) is 29.3 Å². The monoisotopic (exact) mass is 262 g/mol. The number of nitrogen functional groups attached to an aromatic ring is 1. The zero-order chi connectivity index (χ0) is 13.8. The summed E-state index contributed by atoms with van der Waals surface area (Å²) in [7, 11) is 0. The van der Waals surface area contributed by atoms with Crippen LogP contribution in [0.3, 0.4) is 0 Å². The molecule has 3 N–H and O–H groups in total. The molecular weight excluding hydrogens is 240 g/mol. The molecule has 1 heterocycles. The van der Waals surface area contributed by atoms with E-state index in [1.54, 1.807) is 12.1 Å². The Balaban J connectivity index is 1.97. The maximum atomic E-state index is 12.2. The zero-order valence-electron chi connectivity index (χ0n) is 11.6. The first-order valence-electron chi connectivity index (χ1n) is 6.82. The van der Waals surface area contributed by atoms with Crippen molar-refractivity contribution in [1.29, 1.82) is 0 Å². The Kier molecular flexibility index (Phi) is 4.43. The Morgan fingerprint density at radius 1 is 1.42 bits per heavy atom.